The Bertz CT molecular complexity index is 1710. The third kappa shape index (κ3) is 6.56. The van der Waals surface area contributed by atoms with Crippen LogP contribution < -0.4 is 29.2 Å². The van der Waals surface area contributed by atoms with Gasteiger partial charge in [-0.25, -0.2) is 13.6 Å². The van der Waals surface area contributed by atoms with Gasteiger partial charge in [-0.2, -0.15) is 0 Å². The van der Waals surface area contributed by atoms with Crippen LogP contribution in [-0.4, -0.2) is 41.0 Å². The van der Waals surface area contributed by atoms with E-state index in [1.165, 1.54) is 31.4 Å². The molecule has 10 heteroatoms. The van der Waals surface area contributed by atoms with Crippen LogP contribution in [0.15, 0.2) is 96.2 Å². The summed E-state index contributed by atoms with van der Waals surface area (Å²) in [5.41, 5.74) is 3.68. The second kappa shape index (κ2) is 14.2. The van der Waals surface area contributed by atoms with Gasteiger partial charge in [0.15, 0.2) is 23.0 Å². The third-order valence-electron chi connectivity index (χ3n) is 7.89. The Hall–Kier alpha value is -5.25. The SMILES string of the molecule is CCOC(=O)C1=C(Nc2ccc(F)cc2)CC(c2ccc(OC)c(OC)c2)N(c2ccc(F)cc2)C1c1ccc(OC)c(OC)c1. The number of anilines is 2. The number of methoxy groups -OCH3 is 4. The fourth-order valence-corrected chi connectivity index (χ4v) is 5.79. The van der Waals surface area contributed by atoms with Crippen LogP contribution >= 0.6 is 0 Å². The average Bonchev–Trinajstić information content (AvgIpc) is 3.08. The molecular weight excluding hydrogens is 594 g/mol. The summed E-state index contributed by atoms with van der Waals surface area (Å²) < 4.78 is 56.2. The second-order valence-electron chi connectivity index (χ2n) is 10.5. The van der Waals surface area contributed by atoms with Crippen molar-refractivity contribution in [2.24, 2.45) is 0 Å². The molecule has 0 amide bonds. The van der Waals surface area contributed by atoms with Crippen LogP contribution in [-0.2, 0) is 9.53 Å². The summed E-state index contributed by atoms with van der Waals surface area (Å²) in [5.74, 6) is 0.731. The highest BCUT2D eigenvalue weighted by atomic mass is 19.1. The molecular formula is C36H36F2N2O6. The topological polar surface area (TPSA) is 78.5 Å². The number of benzene rings is 4. The molecule has 0 radical (unpaired) electrons. The first-order valence-electron chi connectivity index (χ1n) is 14.7. The van der Waals surface area contributed by atoms with Crippen molar-refractivity contribution in [3.8, 4) is 23.0 Å². The molecule has 2 atom stereocenters. The highest BCUT2D eigenvalue weighted by molar-refractivity contribution is 5.93. The molecule has 1 heterocycles. The average molecular weight is 631 g/mol. The number of hydrogen-bond acceptors (Lipinski definition) is 8. The minimum absolute atomic E-state index is 0.139. The number of nitrogens with one attached hydrogen (secondary N) is 1. The lowest BCUT2D eigenvalue weighted by molar-refractivity contribution is -0.139. The van der Waals surface area contributed by atoms with E-state index in [1.807, 2.05) is 30.3 Å². The van der Waals surface area contributed by atoms with Gasteiger partial charge in [-0.1, -0.05) is 12.1 Å². The fourth-order valence-electron chi connectivity index (χ4n) is 5.79. The van der Waals surface area contributed by atoms with E-state index in [9.17, 15) is 13.6 Å². The summed E-state index contributed by atoms with van der Waals surface area (Å²) in [4.78, 5) is 16.1. The predicted molar refractivity (Wildman–Crippen MR) is 172 cm³/mol. The molecule has 8 nitrogen and oxygen atoms in total. The largest absolute Gasteiger partial charge is 0.493 e. The van der Waals surface area contributed by atoms with Gasteiger partial charge in [0.05, 0.1) is 52.7 Å². The quantitative estimate of drug-likeness (QED) is 0.170. The van der Waals surface area contributed by atoms with E-state index in [1.54, 1.807) is 58.6 Å². The summed E-state index contributed by atoms with van der Waals surface area (Å²) in [6, 6.07) is 21.9. The molecule has 4 aromatic rings. The first kappa shape index (κ1) is 32.2. The molecule has 240 valence electrons. The van der Waals surface area contributed by atoms with E-state index in [-0.39, 0.29) is 12.4 Å². The van der Waals surface area contributed by atoms with E-state index in [2.05, 4.69) is 10.2 Å². The van der Waals surface area contributed by atoms with E-state index < -0.39 is 23.9 Å². The van der Waals surface area contributed by atoms with Crippen LogP contribution in [0.3, 0.4) is 0 Å². The lowest BCUT2D eigenvalue weighted by Gasteiger charge is -2.46. The maximum atomic E-state index is 14.3. The molecule has 0 saturated heterocycles. The lowest BCUT2D eigenvalue weighted by Crippen LogP contribution is -2.41. The Labute approximate surface area is 267 Å². The van der Waals surface area contributed by atoms with Gasteiger partial charge >= 0.3 is 5.97 Å². The van der Waals surface area contributed by atoms with Crippen molar-refractivity contribution in [2.45, 2.75) is 25.4 Å². The van der Waals surface area contributed by atoms with E-state index in [4.69, 9.17) is 23.7 Å². The molecule has 1 N–H and O–H groups in total. The zero-order chi connectivity index (χ0) is 32.8. The maximum absolute atomic E-state index is 14.3. The van der Waals surface area contributed by atoms with Crippen molar-refractivity contribution >= 4 is 17.3 Å². The van der Waals surface area contributed by atoms with Gasteiger partial charge in [0, 0.05) is 23.5 Å². The number of ether oxygens (including phenoxy) is 5. The van der Waals surface area contributed by atoms with Crippen molar-refractivity contribution < 1.29 is 37.3 Å². The molecule has 0 saturated carbocycles. The Morgan fingerprint density at radius 2 is 1.26 bits per heavy atom. The van der Waals surface area contributed by atoms with Gasteiger partial charge in [0.1, 0.15) is 11.6 Å². The molecule has 5 rings (SSSR count). The Balaban J connectivity index is 1.82. The number of halogens is 2. The zero-order valence-corrected chi connectivity index (χ0v) is 26.3. The minimum atomic E-state index is -0.765. The van der Waals surface area contributed by atoms with Crippen molar-refractivity contribution in [2.75, 3.05) is 45.3 Å². The number of hydrogen-bond donors (Lipinski definition) is 1. The molecule has 4 aromatic carbocycles. The van der Waals surface area contributed by atoms with Gasteiger partial charge < -0.3 is 33.9 Å². The van der Waals surface area contributed by atoms with Gasteiger partial charge in [-0.15, -0.1) is 0 Å². The number of nitrogens with zero attached hydrogens (tertiary/aromatic N) is 1. The third-order valence-corrected chi connectivity index (χ3v) is 7.89. The molecule has 0 aliphatic carbocycles. The molecule has 0 bridgehead atoms. The molecule has 1 aliphatic heterocycles. The monoisotopic (exact) mass is 630 g/mol. The Kier molecular flexibility index (Phi) is 9.95. The minimum Gasteiger partial charge on any atom is -0.493 e. The summed E-state index contributed by atoms with van der Waals surface area (Å²) >= 11 is 0. The van der Waals surface area contributed by atoms with Crippen LogP contribution in [0, 0.1) is 11.6 Å². The van der Waals surface area contributed by atoms with Crippen molar-refractivity contribution in [1.29, 1.82) is 0 Å². The molecule has 46 heavy (non-hydrogen) atoms. The number of carbonyl (C=O) groups excluding carboxylic acids is 1. The first-order chi connectivity index (χ1) is 22.3. The fraction of sp³-hybridized carbons (Fsp3) is 0.250. The van der Waals surface area contributed by atoms with Crippen LogP contribution in [0.2, 0.25) is 0 Å². The maximum Gasteiger partial charge on any atom is 0.338 e. The number of rotatable bonds is 11. The summed E-state index contributed by atoms with van der Waals surface area (Å²) in [5, 5.41) is 3.39. The van der Waals surface area contributed by atoms with Crippen molar-refractivity contribution in [3.05, 3.63) is 119 Å². The summed E-state index contributed by atoms with van der Waals surface area (Å²) in [7, 11) is 6.21. The van der Waals surface area contributed by atoms with Crippen molar-refractivity contribution in [1.82, 2.24) is 0 Å². The first-order valence-corrected chi connectivity index (χ1v) is 14.7. The predicted octanol–water partition coefficient (Wildman–Crippen LogP) is 7.62. The highest BCUT2D eigenvalue weighted by Crippen LogP contribution is 2.50. The van der Waals surface area contributed by atoms with E-state index in [0.29, 0.717) is 57.6 Å². The standard InChI is InChI=1S/C36H36F2N2O6/c1-6-46-36(41)34-28(39-26-13-9-24(37)10-14-26)21-29(22-7-17-30(42-2)32(19-22)44-4)40(27-15-11-25(38)12-16-27)35(34)23-8-18-31(43-3)33(20-23)45-5/h7-20,29,35,39H,6,21H2,1-5H3. The molecule has 1 aliphatic rings. The molecule has 2 unspecified atom stereocenters. The molecule has 0 spiro atoms. The second-order valence-corrected chi connectivity index (χ2v) is 10.5. The summed E-state index contributed by atoms with van der Waals surface area (Å²) in [6.07, 6.45) is 0.294. The van der Waals surface area contributed by atoms with Crippen LogP contribution in [0.1, 0.15) is 36.6 Å². The smallest absolute Gasteiger partial charge is 0.338 e. The molecule has 0 aromatic heterocycles. The van der Waals surface area contributed by atoms with Gasteiger partial charge in [-0.05, 0) is 90.8 Å². The van der Waals surface area contributed by atoms with Crippen molar-refractivity contribution in [3.63, 3.8) is 0 Å². The van der Waals surface area contributed by atoms with E-state index in [0.717, 1.165) is 5.56 Å². The Morgan fingerprint density at radius 3 is 1.80 bits per heavy atom. The Morgan fingerprint density at radius 1 is 0.739 bits per heavy atom. The van der Waals surface area contributed by atoms with Gasteiger partial charge in [0.2, 0.25) is 0 Å². The van der Waals surface area contributed by atoms with Crippen LogP contribution in [0.25, 0.3) is 0 Å². The van der Waals surface area contributed by atoms with Gasteiger partial charge in [-0.3, -0.25) is 0 Å². The summed E-state index contributed by atoms with van der Waals surface area (Å²) in [6.45, 7) is 1.88. The highest BCUT2D eigenvalue weighted by Gasteiger charge is 2.42. The van der Waals surface area contributed by atoms with E-state index >= 15 is 0 Å². The van der Waals surface area contributed by atoms with Crippen LogP contribution in [0.4, 0.5) is 20.2 Å². The lowest BCUT2D eigenvalue weighted by atomic mass is 9.84. The molecule has 0 fully saturated rings. The zero-order valence-electron chi connectivity index (χ0n) is 26.3. The normalized spacial score (nSPS) is 16.1. The number of carbonyl (C=O) groups is 1. The number of esters is 1. The van der Waals surface area contributed by atoms with Crippen LogP contribution in [0.5, 0.6) is 23.0 Å². The van der Waals surface area contributed by atoms with Gasteiger partial charge in [0.25, 0.3) is 0 Å².